The van der Waals surface area contributed by atoms with Gasteiger partial charge in [0.2, 0.25) is 21.8 Å². The molecule has 138 valence electrons. The van der Waals surface area contributed by atoms with Gasteiger partial charge in [-0.05, 0) is 42.5 Å². The number of nitrogens with one attached hydrogen (secondary N) is 2. The second-order valence-corrected chi connectivity index (χ2v) is 7.57. The number of nitrogens with zero attached hydrogens (tertiary/aromatic N) is 1. The summed E-state index contributed by atoms with van der Waals surface area (Å²) in [6.45, 7) is 0.905. The summed E-state index contributed by atoms with van der Waals surface area (Å²) in [5.41, 5.74) is 0.698. The van der Waals surface area contributed by atoms with Crippen molar-refractivity contribution in [2.75, 3.05) is 24.2 Å². The first-order valence-corrected chi connectivity index (χ1v) is 9.02. The van der Waals surface area contributed by atoms with Crippen LogP contribution in [0.2, 0.25) is 0 Å². The Hall–Kier alpha value is -2.78. The fraction of sp³-hybridized carbons (Fsp3) is 0.176. The molecule has 0 aliphatic carbocycles. The third-order valence-corrected chi connectivity index (χ3v) is 5.18. The average molecular weight is 379 g/mol. The first kappa shape index (κ1) is 19.5. The Morgan fingerprint density at radius 1 is 1.04 bits per heavy atom. The molecule has 0 saturated heterocycles. The third-order valence-electron chi connectivity index (χ3n) is 3.36. The molecule has 0 unspecified atom stereocenters. The van der Waals surface area contributed by atoms with Crippen molar-refractivity contribution in [3.63, 3.8) is 0 Å². The molecule has 9 heteroatoms. The Labute approximate surface area is 150 Å². The lowest BCUT2D eigenvalue weighted by Gasteiger charge is -2.17. The Morgan fingerprint density at radius 2 is 1.69 bits per heavy atom. The van der Waals surface area contributed by atoms with Gasteiger partial charge >= 0.3 is 0 Å². The summed E-state index contributed by atoms with van der Waals surface area (Å²) < 4.78 is 39.0. The molecule has 2 rings (SSSR count). The zero-order valence-corrected chi connectivity index (χ0v) is 15.0. The van der Waals surface area contributed by atoms with Crippen molar-refractivity contribution in [2.45, 2.75) is 11.8 Å². The minimum Gasteiger partial charge on any atom is -0.326 e. The second-order valence-electron chi connectivity index (χ2n) is 5.53. The Morgan fingerprint density at radius 3 is 2.27 bits per heavy atom. The van der Waals surface area contributed by atoms with Crippen LogP contribution >= 0.6 is 0 Å². The highest BCUT2D eigenvalue weighted by atomic mass is 32.2. The van der Waals surface area contributed by atoms with Crippen molar-refractivity contribution in [3.8, 4) is 0 Å². The number of carbonyl (C=O) groups excluding carboxylic acids is 2. The number of rotatable bonds is 6. The zero-order valence-electron chi connectivity index (χ0n) is 14.2. The van der Waals surface area contributed by atoms with Gasteiger partial charge in [-0.3, -0.25) is 9.59 Å². The molecule has 0 aliphatic heterocycles. The molecule has 0 saturated carbocycles. The lowest BCUT2D eigenvalue weighted by Crippen LogP contribution is -2.35. The number of likely N-dealkylation sites (N-methyl/N-ethyl adjacent to an activating group) is 1. The van der Waals surface area contributed by atoms with Crippen molar-refractivity contribution in [1.29, 1.82) is 0 Å². The van der Waals surface area contributed by atoms with Crippen LogP contribution in [0.4, 0.5) is 15.8 Å². The maximum Gasteiger partial charge on any atom is 0.243 e. The number of sulfonamides is 1. The standard InChI is InChI=1S/C17H18FN3O4S/c1-12(22)19-14-6-8-16(9-7-14)26(24,25)21(2)11-17(23)20-15-5-3-4-13(18)10-15/h3-10H,11H2,1-2H3,(H,19,22)(H,20,23). The Balaban J connectivity index is 2.05. The van der Waals surface area contributed by atoms with Crippen LogP contribution in [0.5, 0.6) is 0 Å². The van der Waals surface area contributed by atoms with E-state index in [9.17, 15) is 22.4 Å². The summed E-state index contributed by atoms with van der Waals surface area (Å²) in [5, 5.41) is 4.97. The second kappa shape index (κ2) is 8.07. The van der Waals surface area contributed by atoms with Gasteiger partial charge in [-0.1, -0.05) is 6.07 Å². The van der Waals surface area contributed by atoms with E-state index in [1.165, 1.54) is 56.4 Å². The van der Waals surface area contributed by atoms with Gasteiger partial charge in [-0.15, -0.1) is 0 Å². The van der Waals surface area contributed by atoms with E-state index in [2.05, 4.69) is 10.6 Å². The van der Waals surface area contributed by atoms with Crippen LogP contribution in [0.25, 0.3) is 0 Å². The molecular formula is C17H18FN3O4S. The van der Waals surface area contributed by atoms with E-state index in [0.717, 1.165) is 10.4 Å². The number of amides is 2. The maximum absolute atomic E-state index is 13.1. The van der Waals surface area contributed by atoms with Crippen LogP contribution < -0.4 is 10.6 Å². The molecule has 0 fully saturated rings. The molecule has 0 spiro atoms. The van der Waals surface area contributed by atoms with Gasteiger partial charge in [-0.25, -0.2) is 12.8 Å². The summed E-state index contributed by atoms with van der Waals surface area (Å²) >= 11 is 0. The summed E-state index contributed by atoms with van der Waals surface area (Å²) in [6.07, 6.45) is 0. The summed E-state index contributed by atoms with van der Waals surface area (Å²) in [4.78, 5) is 23.0. The highest BCUT2D eigenvalue weighted by Gasteiger charge is 2.23. The molecule has 2 aromatic rings. The fourth-order valence-corrected chi connectivity index (χ4v) is 3.27. The van der Waals surface area contributed by atoms with Crippen LogP contribution in [-0.2, 0) is 19.6 Å². The molecule has 2 N–H and O–H groups in total. The first-order chi connectivity index (χ1) is 12.2. The summed E-state index contributed by atoms with van der Waals surface area (Å²) in [6, 6.07) is 10.9. The molecule has 0 bridgehead atoms. The lowest BCUT2D eigenvalue weighted by molar-refractivity contribution is -0.116. The van der Waals surface area contributed by atoms with E-state index >= 15 is 0 Å². The minimum atomic E-state index is -3.89. The fourth-order valence-electron chi connectivity index (χ4n) is 2.15. The average Bonchev–Trinajstić information content (AvgIpc) is 2.54. The van der Waals surface area contributed by atoms with Crippen LogP contribution in [0.1, 0.15) is 6.92 Å². The zero-order chi connectivity index (χ0) is 19.3. The Kier molecular flexibility index (Phi) is 6.06. The predicted octanol–water partition coefficient (Wildman–Crippen LogP) is 2.04. The third kappa shape index (κ3) is 5.11. The van der Waals surface area contributed by atoms with Gasteiger partial charge in [0, 0.05) is 25.3 Å². The van der Waals surface area contributed by atoms with Crippen LogP contribution in [-0.4, -0.2) is 38.1 Å². The van der Waals surface area contributed by atoms with Crippen LogP contribution in [0, 0.1) is 5.82 Å². The molecule has 7 nitrogen and oxygen atoms in total. The topological polar surface area (TPSA) is 95.6 Å². The highest BCUT2D eigenvalue weighted by Crippen LogP contribution is 2.18. The molecule has 2 aromatic carbocycles. The van der Waals surface area contributed by atoms with Gasteiger partial charge in [0.25, 0.3) is 0 Å². The van der Waals surface area contributed by atoms with Gasteiger partial charge in [0.1, 0.15) is 5.82 Å². The van der Waals surface area contributed by atoms with Gasteiger partial charge in [0.05, 0.1) is 11.4 Å². The molecule has 0 radical (unpaired) electrons. The first-order valence-electron chi connectivity index (χ1n) is 7.58. The SMILES string of the molecule is CC(=O)Nc1ccc(S(=O)(=O)N(C)CC(=O)Nc2cccc(F)c2)cc1. The van der Waals surface area contributed by atoms with E-state index in [1.807, 2.05) is 0 Å². The van der Waals surface area contributed by atoms with E-state index < -0.39 is 28.3 Å². The molecular weight excluding hydrogens is 361 g/mol. The predicted molar refractivity (Wildman–Crippen MR) is 95.6 cm³/mol. The van der Waals surface area contributed by atoms with Crippen LogP contribution in [0.3, 0.4) is 0 Å². The van der Waals surface area contributed by atoms with E-state index in [-0.39, 0.29) is 16.5 Å². The summed E-state index contributed by atoms with van der Waals surface area (Å²) in [7, 11) is -2.63. The minimum absolute atomic E-state index is 0.0207. The lowest BCUT2D eigenvalue weighted by atomic mass is 10.3. The number of halogens is 1. The molecule has 2 amide bonds. The highest BCUT2D eigenvalue weighted by molar-refractivity contribution is 7.89. The monoisotopic (exact) mass is 379 g/mol. The van der Waals surface area contributed by atoms with Crippen LogP contribution in [0.15, 0.2) is 53.4 Å². The summed E-state index contributed by atoms with van der Waals surface area (Å²) in [5.74, 6) is -1.38. The van der Waals surface area contributed by atoms with Gasteiger partial charge < -0.3 is 10.6 Å². The number of benzene rings is 2. The van der Waals surface area contributed by atoms with Crippen molar-refractivity contribution in [1.82, 2.24) is 4.31 Å². The largest absolute Gasteiger partial charge is 0.326 e. The number of hydrogen-bond acceptors (Lipinski definition) is 4. The molecule has 0 aliphatic rings. The molecule has 0 heterocycles. The van der Waals surface area contributed by atoms with E-state index in [1.54, 1.807) is 0 Å². The normalized spacial score (nSPS) is 11.2. The van der Waals surface area contributed by atoms with E-state index in [4.69, 9.17) is 0 Å². The molecule has 0 aromatic heterocycles. The molecule has 0 atom stereocenters. The molecule has 26 heavy (non-hydrogen) atoms. The number of carbonyl (C=O) groups is 2. The van der Waals surface area contributed by atoms with Crippen molar-refractivity contribution >= 4 is 33.2 Å². The number of anilines is 2. The Bertz CT molecular complexity index is 914. The quantitative estimate of drug-likeness (QED) is 0.803. The number of hydrogen-bond donors (Lipinski definition) is 2. The van der Waals surface area contributed by atoms with Crippen molar-refractivity contribution in [3.05, 3.63) is 54.3 Å². The maximum atomic E-state index is 13.1. The van der Waals surface area contributed by atoms with Crippen molar-refractivity contribution in [2.24, 2.45) is 0 Å². The van der Waals surface area contributed by atoms with E-state index in [0.29, 0.717) is 5.69 Å². The smallest absolute Gasteiger partial charge is 0.243 e. The van der Waals surface area contributed by atoms with Crippen molar-refractivity contribution < 1.29 is 22.4 Å². The van der Waals surface area contributed by atoms with Gasteiger partial charge in [0.15, 0.2) is 0 Å². The van der Waals surface area contributed by atoms with Gasteiger partial charge in [-0.2, -0.15) is 4.31 Å².